The summed E-state index contributed by atoms with van der Waals surface area (Å²) in [4.78, 5) is 10.4. The number of halogens is 6. The van der Waals surface area contributed by atoms with E-state index in [0.29, 0.717) is 0 Å². The van der Waals surface area contributed by atoms with Crippen LogP contribution in [0.1, 0.15) is 0 Å². The summed E-state index contributed by atoms with van der Waals surface area (Å²) >= 11 is 14.6. The van der Waals surface area contributed by atoms with E-state index in [4.69, 9.17) is 34.8 Å². The molecule has 0 aliphatic rings. The fourth-order valence-electron chi connectivity index (χ4n) is 0.221. The van der Waals surface area contributed by atoms with Crippen molar-refractivity contribution in [2.75, 3.05) is 0 Å². The molecular weight excluding hydrogens is 243 g/mol. The van der Waals surface area contributed by atoms with Crippen molar-refractivity contribution in [3.05, 3.63) is 0 Å². The van der Waals surface area contributed by atoms with Crippen molar-refractivity contribution in [3.63, 3.8) is 0 Å². The van der Waals surface area contributed by atoms with Crippen LogP contribution in [0.4, 0.5) is 13.2 Å². The number of hydrogen-bond donors (Lipinski definition) is 0. The lowest BCUT2D eigenvalue weighted by molar-refractivity contribution is -0.172. The van der Waals surface area contributed by atoms with Gasteiger partial charge in [0.1, 0.15) is 0 Å². The molecular formula is C4H2Cl3F3O2. The van der Waals surface area contributed by atoms with E-state index in [1.54, 1.807) is 0 Å². The Morgan fingerprint density at radius 3 is 1.92 bits per heavy atom. The molecule has 2 nitrogen and oxygen atoms in total. The van der Waals surface area contributed by atoms with Crippen LogP contribution in [0.15, 0.2) is 0 Å². The molecule has 72 valence electrons. The number of carbonyl (C=O) groups is 1. The molecule has 0 saturated carbocycles. The second-order valence-corrected chi connectivity index (χ2v) is 3.87. The zero-order valence-corrected chi connectivity index (χ0v) is 7.51. The molecule has 0 radical (unpaired) electrons. The van der Waals surface area contributed by atoms with Crippen molar-refractivity contribution in [2.24, 2.45) is 0 Å². The Kier molecular flexibility index (Phi) is 4.44. The van der Waals surface area contributed by atoms with Gasteiger partial charge in [0.2, 0.25) is 0 Å². The third kappa shape index (κ3) is 4.23. The van der Waals surface area contributed by atoms with Crippen LogP contribution in [-0.2, 0) is 9.53 Å². The summed E-state index contributed by atoms with van der Waals surface area (Å²) in [5.41, 5.74) is 0. The lowest BCUT2D eigenvalue weighted by atomic mass is 10.7. The smallest absolute Gasteiger partial charge is 0.361 e. The van der Waals surface area contributed by atoms with Gasteiger partial charge in [0.15, 0.2) is 0 Å². The van der Waals surface area contributed by atoms with Crippen LogP contribution >= 0.6 is 34.8 Å². The number of alkyl halides is 6. The molecule has 0 fully saturated rings. The minimum atomic E-state index is -3.46. The lowest BCUT2D eigenvalue weighted by Gasteiger charge is -2.12. The van der Waals surface area contributed by atoms with E-state index in [9.17, 15) is 18.0 Å². The van der Waals surface area contributed by atoms with E-state index >= 15 is 0 Å². The number of carbonyl (C=O) groups excluding carboxylic acids is 1. The minimum absolute atomic E-state index is 1.68. The summed E-state index contributed by atoms with van der Waals surface area (Å²) in [7, 11) is 0. The maximum atomic E-state index is 11.9. The highest BCUT2D eigenvalue weighted by Crippen LogP contribution is 2.28. The van der Waals surface area contributed by atoms with Gasteiger partial charge in [-0.15, -0.1) is 0 Å². The van der Waals surface area contributed by atoms with Crippen LogP contribution in [0.5, 0.6) is 0 Å². The monoisotopic (exact) mass is 244 g/mol. The van der Waals surface area contributed by atoms with Crippen LogP contribution in [-0.4, -0.2) is 22.5 Å². The molecule has 0 saturated heterocycles. The van der Waals surface area contributed by atoms with E-state index < -0.39 is 22.5 Å². The second-order valence-electron chi connectivity index (χ2n) is 1.59. The highest BCUT2D eigenvalue weighted by Gasteiger charge is 2.36. The third-order valence-corrected chi connectivity index (χ3v) is 1.11. The molecule has 0 aliphatic heterocycles. The Labute approximate surface area is 80.5 Å². The molecule has 0 aliphatic carbocycles. The van der Waals surface area contributed by atoms with Crippen molar-refractivity contribution in [1.82, 2.24) is 0 Å². The predicted molar refractivity (Wildman–Crippen MR) is 37.3 cm³/mol. The molecule has 1 unspecified atom stereocenters. The maximum Gasteiger partial charge on any atom is 0.361 e. The molecule has 0 heterocycles. The van der Waals surface area contributed by atoms with Crippen molar-refractivity contribution in [1.29, 1.82) is 0 Å². The van der Waals surface area contributed by atoms with Gasteiger partial charge in [-0.25, -0.2) is 13.6 Å². The summed E-state index contributed by atoms with van der Waals surface area (Å²) in [6.07, 6.45) is -6.53. The van der Waals surface area contributed by atoms with Crippen LogP contribution in [0.2, 0.25) is 0 Å². The summed E-state index contributed by atoms with van der Waals surface area (Å²) in [5.74, 6) is -1.68. The lowest BCUT2D eigenvalue weighted by Crippen LogP contribution is -2.29. The number of esters is 1. The molecule has 12 heavy (non-hydrogen) atoms. The molecule has 0 aromatic rings. The summed E-state index contributed by atoms with van der Waals surface area (Å²) in [6, 6.07) is 0. The molecule has 0 N–H and O–H groups in total. The molecule has 0 amide bonds. The SMILES string of the molecule is O=C(OC(F)C(F)F)C(Cl)(Cl)Cl. The van der Waals surface area contributed by atoms with Gasteiger partial charge in [0.25, 0.3) is 3.79 Å². The van der Waals surface area contributed by atoms with Crippen molar-refractivity contribution in [3.8, 4) is 0 Å². The Morgan fingerprint density at radius 2 is 1.67 bits per heavy atom. The third-order valence-electron chi connectivity index (χ3n) is 0.649. The van der Waals surface area contributed by atoms with Crippen molar-refractivity contribution in [2.45, 2.75) is 16.6 Å². The first-order valence-corrected chi connectivity index (χ1v) is 3.58. The first-order chi connectivity index (χ1) is 5.25. The second kappa shape index (κ2) is 4.39. The Hall–Kier alpha value is 0.130. The van der Waals surface area contributed by atoms with Crippen LogP contribution in [0.25, 0.3) is 0 Å². The minimum Gasteiger partial charge on any atom is -0.422 e. The van der Waals surface area contributed by atoms with Crippen LogP contribution in [0, 0.1) is 0 Å². The Balaban J connectivity index is 4.02. The number of hydrogen-bond acceptors (Lipinski definition) is 2. The average Bonchev–Trinajstić information content (AvgIpc) is 1.85. The number of ether oxygens (including phenoxy) is 1. The highest BCUT2D eigenvalue weighted by molar-refractivity contribution is 6.75. The predicted octanol–water partition coefficient (Wildman–Crippen LogP) is 2.46. The largest absolute Gasteiger partial charge is 0.422 e. The van der Waals surface area contributed by atoms with Gasteiger partial charge < -0.3 is 4.74 Å². The van der Waals surface area contributed by atoms with E-state index in [1.165, 1.54) is 0 Å². The molecule has 0 bridgehead atoms. The van der Waals surface area contributed by atoms with Crippen molar-refractivity contribution >= 4 is 40.8 Å². The fourth-order valence-corrected chi connectivity index (χ4v) is 0.354. The molecule has 0 rings (SSSR count). The molecule has 1 atom stereocenters. The summed E-state index contributed by atoms with van der Waals surface area (Å²) in [5, 5.41) is 0. The number of rotatable bonds is 2. The molecule has 8 heteroatoms. The van der Waals surface area contributed by atoms with Crippen molar-refractivity contribution < 1.29 is 22.7 Å². The van der Waals surface area contributed by atoms with Gasteiger partial charge >= 0.3 is 18.8 Å². The van der Waals surface area contributed by atoms with Gasteiger partial charge in [-0.2, -0.15) is 4.39 Å². The zero-order valence-electron chi connectivity index (χ0n) is 5.24. The van der Waals surface area contributed by atoms with E-state index in [-0.39, 0.29) is 0 Å². The molecule has 0 aromatic carbocycles. The van der Waals surface area contributed by atoms with Gasteiger partial charge in [-0.3, -0.25) is 0 Å². The van der Waals surface area contributed by atoms with E-state index in [2.05, 4.69) is 4.74 Å². The van der Waals surface area contributed by atoms with Gasteiger partial charge in [0, 0.05) is 0 Å². The fraction of sp³-hybridized carbons (Fsp3) is 0.750. The van der Waals surface area contributed by atoms with Gasteiger partial charge in [-0.1, -0.05) is 34.8 Å². The summed E-state index contributed by atoms with van der Waals surface area (Å²) < 4.78 is 35.6. The van der Waals surface area contributed by atoms with E-state index in [1.807, 2.05) is 0 Å². The molecule has 0 aromatic heterocycles. The summed E-state index contributed by atoms with van der Waals surface area (Å²) in [6.45, 7) is 0. The first kappa shape index (κ1) is 12.1. The van der Waals surface area contributed by atoms with Crippen LogP contribution in [0.3, 0.4) is 0 Å². The standard InChI is InChI=1S/C4H2Cl3F3O2/c5-4(6,7)3(11)12-2(10)1(8)9/h1-2H. The highest BCUT2D eigenvalue weighted by atomic mass is 35.6. The zero-order chi connectivity index (χ0) is 9.94. The average molecular weight is 245 g/mol. The topological polar surface area (TPSA) is 26.3 Å². The Bertz CT molecular complexity index is 169. The van der Waals surface area contributed by atoms with E-state index in [0.717, 1.165) is 0 Å². The quantitative estimate of drug-likeness (QED) is 0.552. The maximum absolute atomic E-state index is 11.9. The first-order valence-electron chi connectivity index (χ1n) is 2.45. The Morgan fingerprint density at radius 1 is 1.25 bits per heavy atom. The van der Waals surface area contributed by atoms with Gasteiger partial charge in [0.05, 0.1) is 0 Å². The van der Waals surface area contributed by atoms with Gasteiger partial charge in [-0.05, 0) is 0 Å². The normalized spacial score (nSPS) is 14.6. The molecule has 0 spiro atoms. The van der Waals surface area contributed by atoms with Crippen LogP contribution < -0.4 is 0 Å².